The third kappa shape index (κ3) is 1.66. The maximum atomic E-state index is 5.24. The Kier molecular flexibility index (Phi) is 2.21. The summed E-state index contributed by atoms with van der Waals surface area (Å²) in [6.07, 6.45) is 0. The number of hydrogen-bond donors (Lipinski definition) is 0. The van der Waals surface area contributed by atoms with Crippen LogP contribution in [0.5, 0.6) is 0 Å². The second kappa shape index (κ2) is 3.23. The van der Waals surface area contributed by atoms with E-state index in [4.69, 9.17) is 4.42 Å². The van der Waals surface area contributed by atoms with Crippen LogP contribution in [-0.4, -0.2) is 10.2 Å². The summed E-state index contributed by atoms with van der Waals surface area (Å²) in [4.78, 5) is 2.73. The van der Waals surface area contributed by atoms with E-state index in [0.29, 0.717) is 10.7 Å². The maximum absolute atomic E-state index is 5.24. The van der Waals surface area contributed by atoms with Gasteiger partial charge in [-0.25, -0.2) is 0 Å². The third-order valence-corrected chi connectivity index (χ3v) is 3.24. The molecule has 0 aliphatic heterocycles. The monoisotopic (exact) mass is 258 g/mol. The fraction of sp³-hybridized carbons (Fsp3) is 0.250. The van der Waals surface area contributed by atoms with Crippen molar-refractivity contribution in [3.63, 3.8) is 0 Å². The number of rotatable bonds is 1. The average molecular weight is 259 g/mol. The summed E-state index contributed by atoms with van der Waals surface area (Å²) in [6.45, 7) is 4.15. The molecule has 13 heavy (non-hydrogen) atoms. The van der Waals surface area contributed by atoms with Gasteiger partial charge in [-0.2, -0.15) is 0 Å². The number of nitrogens with zero attached hydrogens (tertiary/aromatic N) is 2. The van der Waals surface area contributed by atoms with Gasteiger partial charge in [0.05, 0.1) is 4.88 Å². The molecule has 2 aromatic heterocycles. The molecule has 5 heteroatoms. The molecule has 0 radical (unpaired) electrons. The first-order valence-electron chi connectivity index (χ1n) is 3.73. The maximum Gasteiger partial charge on any atom is 0.285 e. The summed E-state index contributed by atoms with van der Waals surface area (Å²) < 4.78 is 5.24. The normalized spacial score (nSPS) is 10.7. The van der Waals surface area contributed by atoms with Gasteiger partial charge < -0.3 is 4.42 Å². The van der Waals surface area contributed by atoms with Crippen molar-refractivity contribution in [1.82, 2.24) is 10.2 Å². The lowest BCUT2D eigenvalue weighted by Gasteiger charge is -1.83. The Bertz CT molecular complexity index is 416. The van der Waals surface area contributed by atoms with Crippen molar-refractivity contribution < 1.29 is 4.42 Å². The molecule has 2 heterocycles. The summed E-state index contributed by atoms with van der Waals surface area (Å²) in [5.74, 6) is 0.577. The highest BCUT2D eigenvalue weighted by Gasteiger charge is 2.10. The first-order chi connectivity index (χ1) is 6.16. The van der Waals surface area contributed by atoms with Gasteiger partial charge in [-0.1, -0.05) is 0 Å². The Labute approximate surface area is 87.9 Å². The molecule has 0 aliphatic carbocycles. The number of halogens is 1. The minimum atomic E-state index is 0.422. The fourth-order valence-electron chi connectivity index (χ4n) is 0.983. The first kappa shape index (κ1) is 8.90. The van der Waals surface area contributed by atoms with E-state index in [1.165, 1.54) is 10.4 Å². The predicted octanol–water partition coefficient (Wildman–Crippen LogP) is 3.18. The molecule has 0 aromatic carbocycles. The van der Waals surface area contributed by atoms with E-state index in [1.54, 1.807) is 11.3 Å². The van der Waals surface area contributed by atoms with Crippen LogP contribution in [0, 0.1) is 13.8 Å². The molecule has 0 spiro atoms. The molecule has 0 aliphatic rings. The molecule has 0 saturated heterocycles. The van der Waals surface area contributed by atoms with Crippen LogP contribution in [-0.2, 0) is 0 Å². The molecule has 68 valence electrons. The van der Waals surface area contributed by atoms with Crippen LogP contribution in [0.2, 0.25) is 0 Å². The zero-order valence-electron chi connectivity index (χ0n) is 7.17. The summed E-state index contributed by atoms with van der Waals surface area (Å²) in [6, 6.07) is 2.06. The minimum Gasteiger partial charge on any atom is -0.410 e. The van der Waals surface area contributed by atoms with E-state index in [2.05, 4.69) is 46.0 Å². The van der Waals surface area contributed by atoms with Gasteiger partial charge in [0.25, 0.3) is 10.7 Å². The van der Waals surface area contributed by atoms with Crippen molar-refractivity contribution in [2.75, 3.05) is 0 Å². The molecule has 3 nitrogen and oxygen atoms in total. The smallest absolute Gasteiger partial charge is 0.285 e. The number of thiophene rings is 1. The summed E-state index contributed by atoms with van der Waals surface area (Å²) in [5.41, 5.74) is 1.26. The quantitative estimate of drug-likeness (QED) is 0.789. The summed E-state index contributed by atoms with van der Waals surface area (Å²) in [5, 5.41) is 7.63. The molecular weight excluding hydrogens is 252 g/mol. The highest BCUT2D eigenvalue weighted by Crippen LogP contribution is 2.30. The Hall–Kier alpha value is -0.680. The SMILES string of the molecule is Cc1cc(-c2nnc(Br)o2)sc1C. The summed E-state index contributed by atoms with van der Waals surface area (Å²) in [7, 11) is 0. The van der Waals surface area contributed by atoms with E-state index in [1.807, 2.05) is 0 Å². The molecular formula is C8H7BrN2OS. The average Bonchev–Trinajstić information content (AvgIpc) is 2.61. The molecule has 0 bridgehead atoms. The molecule has 0 amide bonds. The second-order valence-electron chi connectivity index (χ2n) is 2.71. The second-order valence-corrected chi connectivity index (χ2v) is 4.64. The summed E-state index contributed by atoms with van der Waals surface area (Å²) >= 11 is 4.78. The van der Waals surface area contributed by atoms with Crippen molar-refractivity contribution >= 4 is 27.3 Å². The van der Waals surface area contributed by atoms with Gasteiger partial charge in [-0.15, -0.1) is 21.5 Å². The lowest BCUT2D eigenvalue weighted by molar-refractivity contribution is 0.541. The van der Waals surface area contributed by atoms with Gasteiger partial charge in [0, 0.05) is 20.8 Å². The zero-order chi connectivity index (χ0) is 9.42. The molecule has 0 N–H and O–H groups in total. The van der Waals surface area contributed by atoms with Crippen LogP contribution >= 0.6 is 27.3 Å². The van der Waals surface area contributed by atoms with Crippen LogP contribution in [0.3, 0.4) is 0 Å². The lowest BCUT2D eigenvalue weighted by atomic mass is 10.3. The van der Waals surface area contributed by atoms with Crippen molar-refractivity contribution in [2.45, 2.75) is 13.8 Å². The van der Waals surface area contributed by atoms with E-state index in [-0.39, 0.29) is 0 Å². The molecule has 0 fully saturated rings. The van der Waals surface area contributed by atoms with E-state index >= 15 is 0 Å². The molecule has 0 atom stereocenters. The largest absolute Gasteiger partial charge is 0.410 e. The highest BCUT2D eigenvalue weighted by atomic mass is 79.9. The Morgan fingerprint density at radius 3 is 2.62 bits per heavy atom. The van der Waals surface area contributed by atoms with E-state index in [0.717, 1.165) is 4.88 Å². The third-order valence-electron chi connectivity index (χ3n) is 1.78. The van der Waals surface area contributed by atoms with E-state index in [9.17, 15) is 0 Å². The Morgan fingerprint density at radius 2 is 2.15 bits per heavy atom. The molecule has 2 aromatic rings. The van der Waals surface area contributed by atoms with Crippen LogP contribution in [0.25, 0.3) is 10.8 Å². The van der Waals surface area contributed by atoms with Crippen LogP contribution < -0.4 is 0 Å². The van der Waals surface area contributed by atoms with Crippen molar-refractivity contribution in [3.8, 4) is 10.8 Å². The van der Waals surface area contributed by atoms with Crippen LogP contribution in [0.4, 0.5) is 0 Å². The van der Waals surface area contributed by atoms with Gasteiger partial charge >= 0.3 is 0 Å². The van der Waals surface area contributed by atoms with Gasteiger partial charge in [-0.05, 0) is 25.5 Å². The predicted molar refractivity (Wildman–Crippen MR) is 54.8 cm³/mol. The Balaban J connectivity index is 2.46. The van der Waals surface area contributed by atoms with E-state index < -0.39 is 0 Å². The fourth-order valence-corrected chi connectivity index (χ4v) is 2.17. The molecule has 2 rings (SSSR count). The minimum absolute atomic E-state index is 0.422. The van der Waals surface area contributed by atoms with Gasteiger partial charge in [0.2, 0.25) is 0 Å². The van der Waals surface area contributed by atoms with Crippen LogP contribution in [0.15, 0.2) is 15.3 Å². The van der Waals surface area contributed by atoms with Crippen molar-refractivity contribution in [1.29, 1.82) is 0 Å². The van der Waals surface area contributed by atoms with Gasteiger partial charge in [0.1, 0.15) is 0 Å². The molecule has 0 unspecified atom stereocenters. The topological polar surface area (TPSA) is 38.9 Å². The van der Waals surface area contributed by atoms with Crippen molar-refractivity contribution in [3.05, 3.63) is 21.3 Å². The number of aromatic nitrogens is 2. The standard InChI is InChI=1S/C8H7BrN2OS/c1-4-3-6(13-5(4)2)7-10-11-8(9)12-7/h3H,1-2H3. The van der Waals surface area contributed by atoms with Crippen LogP contribution in [0.1, 0.15) is 10.4 Å². The Morgan fingerprint density at radius 1 is 1.38 bits per heavy atom. The first-order valence-corrected chi connectivity index (χ1v) is 5.34. The van der Waals surface area contributed by atoms with Gasteiger partial charge in [-0.3, -0.25) is 0 Å². The van der Waals surface area contributed by atoms with Gasteiger partial charge in [0.15, 0.2) is 0 Å². The lowest BCUT2D eigenvalue weighted by Crippen LogP contribution is -1.70. The molecule has 0 saturated carbocycles. The number of hydrogen-bond acceptors (Lipinski definition) is 4. The van der Waals surface area contributed by atoms with Crippen molar-refractivity contribution in [2.24, 2.45) is 0 Å². The zero-order valence-corrected chi connectivity index (χ0v) is 9.57. The highest BCUT2D eigenvalue weighted by molar-refractivity contribution is 9.10. The number of aryl methyl sites for hydroxylation is 2.